The summed E-state index contributed by atoms with van der Waals surface area (Å²) in [4.78, 5) is 32.1. The molecule has 3 heterocycles. The monoisotopic (exact) mass is 533 g/mol. The van der Waals surface area contributed by atoms with E-state index in [9.17, 15) is 22.4 Å². The number of rotatable bonds is 8. The predicted octanol–water partition coefficient (Wildman–Crippen LogP) is 2.41. The minimum Gasteiger partial charge on any atom is -0.359 e. The van der Waals surface area contributed by atoms with E-state index < -0.39 is 33.5 Å². The summed E-state index contributed by atoms with van der Waals surface area (Å²) in [6.07, 6.45) is 0.819. The molecule has 0 spiro atoms. The number of hydrogen-bond acceptors (Lipinski definition) is 8. The highest BCUT2D eigenvalue weighted by atomic mass is 32.2. The Labute approximate surface area is 209 Å². The Morgan fingerprint density at radius 1 is 1.14 bits per heavy atom. The molecule has 1 aliphatic carbocycles. The van der Waals surface area contributed by atoms with Gasteiger partial charge in [0.05, 0.1) is 50.8 Å². The van der Waals surface area contributed by atoms with Gasteiger partial charge >= 0.3 is 5.69 Å². The molecule has 13 heteroatoms. The standard InChI is InChI=1S/C23H24FN5O5S2/c1-13-8-16(34-26-13)10-29-21(30)18-9-17(36(32,33)27-23(12-24)6-7-23)4-5-19(18)28(22(29)31)11-20-14(2)25-15(3)35-20/h4-5,8-9,27H,6-7,10-12H2,1-3H3. The van der Waals surface area contributed by atoms with Gasteiger partial charge < -0.3 is 4.52 Å². The van der Waals surface area contributed by atoms with Crippen LogP contribution in [0.4, 0.5) is 4.39 Å². The molecule has 5 rings (SSSR count). The number of benzene rings is 1. The average Bonchev–Trinajstić information content (AvgIpc) is 3.35. The molecule has 0 amide bonds. The SMILES string of the molecule is Cc1cc(Cn2c(=O)c3cc(S(=O)(=O)NC4(CF)CC4)ccc3n(Cc3sc(C)nc3C)c2=O)on1. The molecule has 0 unspecified atom stereocenters. The van der Waals surface area contributed by atoms with Crippen LogP contribution in [0.25, 0.3) is 10.9 Å². The van der Waals surface area contributed by atoms with E-state index in [1.165, 1.54) is 34.1 Å². The molecule has 3 aromatic heterocycles. The van der Waals surface area contributed by atoms with Gasteiger partial charge in [0.1, 0.15) is 6.67 Å². The molecule has 0 atom stereocenters. The summed E-state index contributed by atoms with van der Waals surface area (Å²) in [5.41, 5.74) is -0.678. The van der Waals surface area contributed by atoms with Gasteiger partial charge in [-0.2, -0.15) is 0 Å². The first-order valence-electron chi connectivity index (χ1n) is 11.2. The van der Waals surface area contributed by atoms with Crippen LogP contribution in [0.3, 0.4) is 0 Å². The molecule has 10 nitrogen and oxygen atoms in total. The van der Waals surface area contributed by atoms with Gasteiger partial charge in [-0.1, -0.05) is 5.16 Å². The fourth-order valence-electron chi connectivity index (χ4n) is 4.13. The van der Waals surface area contributed by atoms with Crippen molar-refractivity contribution in [1.29, 1.82) is 0 Å². The van der Waals surface area contributed by atoms with Crippen LogP contribution >= 0.6 is 11.3 Å². The van der Waals surface area contributed by atoms with Crippen LogP contribution in [-0.2, 0) is 23.1 Å². The van der Waals surface area contributed by atoms with E-state index in [1.807, 2.05) is 13.8 Å². The third-order valence-electron chi connectivity index (χ3n) is 6.26. The van der Waals surface area contributed by atoms with Crippen molar-refractivity contribution in [2.45, 2.75) is 57.1 Å². The van der Waals surface area contributed by atoms with E-state index in [2.05, 4.69) is 14.9 Å². The van der Waals surface area contributed by atoms with Crippen molar-refractivity contribution < 1.29 is 17.3 Å². The summed E-state index contributed by atoms with van der Waals surface area (Å²) in [5, 5.41) is 4.69. The molecular formula is C23H24FN5O5S2. The second-order valence-electron chi connectivity index (χ2n) is 9.13. The van der Waals surface area contributed by atoms with Gasteiger partial charge in [0.2, 0.25) is 10.0 Å². The Kier molecular flexibility index (Phi) is 5.96. The van der Waals surface area contributed by atoms with E-state index >= 15 is 0 Å². The lowest BCUT2D eigenvalue weighted by Crippen LogP contribution is -2.41. The Morgan fingerprint density at radius 3 is 2.47 bits per heavy atom. The lowest BCUT2D eigenvalue weighted by molar-refractivity contribution is 0.368. The van der Waals surface area contributed by atoms with E-state index in [1.54, 1.807) is 13.0 Å². The number of nitrogens with zero attached hydrogens (tertiary/aromatic N) is 4. The number of alkyl halides is 1. The fourth-order valence-corrected chi connectivity index (χ4v) is 6.52. The molecule has 1 aliphatic rings. The number of aromatic nitrogens is 4. The zero-order valence-corrected chi connectivity index (χ0v) is 21.5. The molecule has 1 N–H and O–H groups in total. The Morgan fingerprint density at radius 2 is 1.89 bits per heavy atom. The minimum atomic E-state index is -4.09. The highest BCUT2D eigenvalue weighted by Gasteiger charge is 2.46. The fraction of sp³-hybridized carbons (Fsp3) is 0.391. The van der Waals surface area contributed by atoms with Crippen LogP contribution < -0.4 is 16.0 Å². The van der Waals surface area contributed by atoms with E-state index in [-0.39, 0.29) is 28.9 Å². The van der Waals surface area contributed by atoms with Gasteiger partial charge in [-0.3, -0.25) is 13.9 Å². The van der Waals surface area contributed by atoms with Crippen LogP contribution in [0.5, 0.6) is 0 Å². The first kappa shape index (κ1) is 24.5. The highest BCUT2D eigenvalue weighted by Crippen LogP contribution is 2.37. The Hall–Kier alpha value is -3.16. The molecule has 0 saturated heterocycles. The van der Waals surface area contributed by atoms with Crippen molar-refractivity contribution in [3.63, 3.8) is 0 Å². The lowest BCUT2D eigenvalue weighted by Gasteiger charge is -2.16. The van der Waals surface area contributed by atoms with Gasteiger partial charge in [0, 0.05) is 10.9 Å². The molecule has 36 heavy (non-hydrogen) atoms. The van der Waals surface area contributed by atoms with Gasteiger partial charge in [-0.05, 0) is 51.8 Å². The summed E-state index contributed by atoms with van der Waals surface area (Å²) in [7, 11) is -4.09. The minimum absolute atomic E-state index is 0.0395. The van der Waals surface area contributed by atoms with Crippen molar-refractivity contribution in [1.82, 2.24) is 24.0 Å². The number of halogens is 1. The number of aryl methyl sites for hydroxylation is 3. The maximum Gasteiger partial charge on any atom is 0.332 e. The van der Waals surface area contributed by atoms with Crippen molar-refractivity contribution >= 4 is 32.3 Å². The number of thiazole rings is 1. The van der Waals surface area contributed by atoms with Crippen LogP contribution in [0.15, 0.2) is 43.3 Å². The number of sulfonamides is 1. The largest absolute Gasteiger partial charge is 0.359 e. The number of fused-ring (bicyclic) bond motifs is 1. The molecule has 0 bridgehead atoms. The normalized spacial score (nSPS) is 15.0. The molecule has 190 valence electrons. The molecule has 0 aliphatic heterocycles. The van der Waals surface area contributed by atoms with Crippen LogP contribution in [0.2, 0.25) is 0 Å². The number of nitrogens with one attached hydrogen (secondary N) is 1. The van der Waals surface area contributed by atoms with Gasteiger partial charge in [-0.15, -0.1) is 11.3 Å². The predicted molar refractivity (Wildman–Crippen MR) is 132 cm³/mol. The second-order valence-corrected chi connectivity index (χ2v) is 12.1. The molecular weight excluding hydrogens is 509 g/mol. The van der Waals surface area contributed by atoms with Crippen LogP contribution in [-0.4, -0.2) is 39.9 Å². The van der Waals surface area contributed by atoms with Crippen LogP contribution in [0.1, 0.15) is 39.9 Å². The summed E-state index contributed by atoms with van der Waals surface area (Å²) < 4.78 is 49.4. The zero-order valence-electron chi connectivity index (χ0n) is 19.9. The van der Waals surface area contributed by atoms with Crippen molar-refractivity contribution in [2.75, 3.05) is 6.67 Å². The summed E-state index contributed by atoms with van der Waals surface area (Å²) >= 11 is 1.44. The van der Waals surface area contributed by atoms with Crippen molar-refractivity contribution in [3.8, 4) is 0 Å². The molecule has 0 radical (unpaired) electrons. The van der Waals surface area contributed by atoms with E-state index in [0.717, 1.165) is 20.1 Å². The summed E-state index contributed by atoms with van der Waals surface area (Å²) in [5.74, 6) is 0.312. The molecule has 1 aromatic carbocycles. The summed E-state index contributed by atoms with van der Waals surface area (Å²) in [6, 6.07) is 5.61. The highest BCUT2D eigenvalue weighted by molar-refractivity contribution is 7.89. The Balaban J connectivity index is 1.69. The third kappa shape index (κ3) is 4.42. The average molecular weight is 534 g/mol. The molecule has 4 aromatic rings. The van der Waals surface area contributed by atoms with Crippen molar-refractivity contribution in [3.05, 3.63) is 72.1 Å². The molecule has 1 fully saturated rings. The lowest BCUT2D eigenvalue weighted by atomic mass is 10.2. The first-order valence-corrected chi connectivity index (χ1v) is 13.5. The maximum atomic E-state index is 13.5. The van der Waals surface area contributed by atoms with Gasteiger partial charge in [-0.25, -0.2) is 27.3 Å². The topological polar surface area (TPSA) is 129 Å². The quantitative estimate of drug-likeness (QED) is 0.368. The third-order valence-corrected chi connectivity index (χ3v) is 8.89. The van der Waals surface area contributed by atoms with Crippen LogP contribution in [0, 0.1) is 20.8 Å². The second kappa shape index (κ2) is 8.75. The first-order chi connectivity index (χ1) is 17.0. The molecule has 1 saturated carbocycles. The van der Waals surface area contributed by atoms with Crippen molar-refractivity contribution in [2.24, 2.45) is 0 Å². The van der Waals surface area contributed by atoms with Gasteiger partial charge in [0.25, 0.3) is 5.56 Å². The smallest absolute Gasteiger partial charge is 0.332 e. The van der Waals surface area contributed by atoms with E-state index in [4.69, 9.17) is 4.52 Å². The number of hydrogen-bond donors (Lipinski definition) is 1. The Bertz CT molecular complexity index is 1710. The van der Waals surface area contributed by atoms with Gasteiger partial charge in [0.15, 0.2) is 5.76 Å². The maximum absolute atomic E-state index is 13.5. The zero-order chi connectivity index (χ0) is 25.8. The summed E-state index contributed by atoms with van der Waals surface area (Å²) in [6.45, 7) is 4.60. The van der Waals surface area contributed by atoms with E-state index in [0.29, 0.717) is 24.3 Å².